The molecule has 6 heteroatoms. The molecule has 29 heavy (non-hydrogen) atoms. The van der Waals surface area contributed by atoms with Crippen molar-refractivity contribution < 1.29 is 19.1 Å². The van der Waals surface area contributed by atoms with Crippen molar-refractivity contribution in [2.24, 2.45) is 5.92 Å². The molecule has 0 aliphatic heterocycles. The lowest BCUT2D eigenvalue weighted by Gasteiger charge is -2.11. The lowest BCUT2D eigenvalue weighted by molar-refractivity contribution is -0.121. The summed E-state index contributed by atoms with van der Waals surface area (Å²) in [5, 5.41) is 5.75. The zero-order valence-corrected chi connectivity index (χ0v) is 17.4. The van der Waals surface area contributed by atoms with Gasteiger partial charge in [-0.2, -0.15) is 0 Å². The molecule has 0 saturated carbocycles. The third-order valence-corrected chi connectivity index (χ3v) is 4.19. The monoisotopic (exact) mass is 398 g/mol. The standard InChI is InChI=1S/C23H30N2O4/c1-4-28-20-8-5-6-9-21(20)29-15-7-10-22(26)24-16-18-11-13-19(14-12-18)25-23(27)17(2)3/h5-6,8-9,11-14,17H,4,7,10,15-16H2,1-3H3,(H,24,26)(H,25,27). The molecule has 0 aromatic heterocycles. The van der Waals surface area contributed by atoms with E-state index in [1.807, 2.05) is 69.3 Å². The number of anilines is 1. The summed E-state index contributed by atoms with van der Waals surface area (Å²) in [6.07, 6.45) is 1.01. The van der Waals surface area contributed by atoms with Crippen molar-refractivity contribution in [3.8, 4) is 11.5 Å². The number of nitrogens with one attached hydrogen (secondary N) is 2. The Balaban J connectivity index is 1.68. The van der Waals surface area contributed by atoms with Gasteiger partial charge in [0.25, 0.3) is 0 Å². The zero-order chi connectivity index (χ0) is 21.1. The van der Waals surface area contributed by atoms with Gasteiger partial charge in [0.05, 0.1) is 13.2 Å². The van der Waals surface area contributed by atoms with Crippen molar-refractivity contribution in [3.05, 3.63) is 54.1 Å². The van der Waals surface area contributed by atoms with E-state index in [0.717, 1.165) is 11.3 Å². The number of para-hydroxylation sites is 2. The predicted octanol–water partition coefficient (Wildman–Crippen LogP) is 4.16. The molecule has 0 unspecified atom stereocenters. The van der Waals surface area contributed by atoms with Gasteiger partial charge < -0.3 is 20.1 Å². The van der Waals surface area contributed by atoms with Crippen LogP contribution >= 0.6 is 0 Å². The first-order valence-corrected chi connectivity index (χ1v) is 10.0. The summed E-state index contributed by atoms with van der Waals surface area (Å²) in [5.74, 6) is 1.30. The third kappa shape index (κ3) is 7.86. The molecular weight excluding hydrogens is 368 g/mol. The first-order valence-electron chi connectivity index (χ1n) is 10.0. The second-order valence-electron chi connectivity index (χ2n) is 6.95. The molecule has 2 amide bonds. The van der Waals surface area contributed by atoms with Crippen molar-refractivity contribution in [2.45, 2.75) is 40.2 Å². The van der Waals surface area contributed by atoms with Gasteiger partial charge in [-0.15, -0.1) is 0 Å². The van der Waals surface area contributed by atoms with E-state index in [4.69, 9.17) is 9.47 Å². The normalized spacial score (nSPS) is 10.5. The van der Waals surface area contributed by atoms with E-state index in [1.165, 1.54) is 0 Å². The molecule has 0 heterocycles. The van der Waals surface area contributed by atoms with Crippen molar-refractivity contribution >= 4 is 17.5 Å². The molecule has 0 spiro atoms. The molecule has 6 nitrogen and oxygen atoms in total. The molecule has 0 aliphatic rings. The average Bonchev–Trinajstić information content (AvgIpc) is 2.72. The van der Waals surface area contributed by atoms with Crippen LogP contribution in [0.4, 0.5) is 5.69 Å². The highest BCUT2D eigenvalue weighted by atomic mass is 16.5. The number of rotatable bonds is 11. The molecule has 2 aromatic rings. The predicted molar refractivity (Wildman–Crippen MR) is 114 cm³/mol. The van der Waals surface area contributed by atoms with E-state index in [2.05, 4.69) is 10.6 Å². The number of carbonyl (C=O) groups excluding carboxylic acids is 2. The quantitative estimate of drug-likeness (QED) is 0.558. The van der Waals surface area contributed by atoms with Crippen LogP contribution in [-0.2, 0) is 16.1 Å². The Morgan fingerprint density at radius 1 is 0.966 bits per heavy atom. The van der Waals surface area contributed by atoms with Gasteiger partial charge in [-0.1, -0.05) is 38.1 Å². The molecule has 2 N–H and O–H groups in total. The Morgan fingerprint density at radius 3 is 2.24 bits per heavy atom. The van der Waals surface area contributed by atoms with Crippen LogP contribution in [-0.4, -0.2) is 25.0 Å². The number of amides is 2. The summed E-state index contributed by atoms with van der Waals surface area (Å²) >= 11 is 0. The van der Waals surface area contributed by atoms with Crippen molar-refractivity contribution in [1.29, 1.82) is 0 Å². The van der Waals surface area contributed by atoms with Crippen LogP contribution in [0.25, 0.3) is 0 Å². The van der Waals surface area contributed by atoms with Gasteiger partial charge in [-0.25, -0.2) is 0 Å². The zero-order valence-electron chi connectivity index (χ0n) is 17.4. The van der Waals surface area contributed by atoms with E-state index in [-0.39, 0.29) is 17.7 Å². The van der Waals surface area contributed by atoms with Gasteiger partial charge in [-0.05, 0) is 43.2 Å². The van der Waals surface area contributed by atoms with Crippen LogP contribution in [0.2, 0.25) is 0 Å². The van der Waals surface area contributed by atoms with Crippen molar-refractivity contribution in [3.63, 3.8) is 0 Å². The minimum Gasteiger partial charge on any atom is -0.490 e. The number of benzene rings is 2. The molecule has 0 atom stereocenters. The maximum absolute atomic E-state index is 12.0. The number of hydrogen-bond acceptors (Lipinski definition) is 4. The molecule has 0 aliphatic carbocycles. The van der Waals surface area contributed by atoms with Gasteiger partial charge in [0.1, 0.15) is 0 Å². The second-order valence-corrected chi connectivity index (χ2v) is 6.95. The van der Waals surface area contributed by atoms with E-state index >= 15 is 0 Å². The number of carbonyl (C=O) groups is 2. The van der Waals surface area contributed by atoms with E-state index < -0.39 is 0 Å². The molecular formula is C23H30N2O4. The highest BCUT2D eigenvalue weighted by Crippen LogP contribution is 2.26. The Labute approximate surface area is 172 Å². The fraction of sp³-hybridized carbons (Fsp3) is 0.391. The summed E-state index contributed by atoms with van der Waals surface area (Å²) in [5.41, 5.74) is 1.73. The Morgan fingerprint density at radius 2 is 1.62 bits per heavy atom. The summed E-state index contributed by atoms with van der Waals surface area (Å²) in [6, 6.07) is 15.0. The summed E-state index contributed by atoms with van der Waals surface area (Å²) in [4.78, 5) is 23.7. The molecule has 156 valence electrons. The van der Waals surface area contributed by atoms with Crippen LogP contribution in [0.1, 0.15) is 39.2 Å². The van der Waals surface area contributed by atoms with Gasteiger partial charge in [0, 0.05) is 24.6 Å². The van der Waals surface area contributed by atoms with Crippen LogP contribution in [0, 0.1) is 5.92 Å². The minimum atomic E-state index is -0.0643. The molecule has 0 fully saturated rings. The fourth-order valence-corrected chi connectivity index (χ4v) is 2.54. The molecule has 0 saturated heterocycles. The van der Waals surface area contributed by atoms with Gasteiger partial charge in [0.2, 0.25) is 11.8 Å². The lowest BCUT2D eigenvalue weighted by atomic mass is 10.1. The second kappa shape index (κ2) is 11.7. The third-order valence-electron chi connectivity index (χ3n) is 4.19. The van der Waals surface area contributed by atoms with Crippen molar-refractivity contribution in [1.82, 2.24) is 5.32 Å². The largest absolute Gasteiger partial charge is 0.490 e. The van der Waals surface area contributed by atoms with Gasteiger partial charge in [-0.3, -0.25) is 9.59 Å². The van der Waals surface area contributed by atoms with Gasteiger partial charge in [0.15, 0.2) is 11.5 Å². The first-order chi connectivity index (χ1) is 14.0. The molecule has 2 rings (SSSR count). The number of ether oxygens (including phenoxy) is 2. The maximum atomic E-state index is 12.0. The van der Waals surface area contributed by atoms with Crippen LogP contribution in [0.3, 0.4) is 0 Å². The fourth-order valence-electron chi connectivity index (χ4n) is 2.54. The van der Waals surface area contributed by atoms with E-state index in [1.54, 1.807) is 0 Å². The first kappa shape index (κ1) is 22.3. The smallest absolute Gasteiger partial charge is 0.226 e. The SMILES string of the molecule is CCOc1ccccc1OCCCC(=O)NCc1ccc(NC(=O)C(C)C)cc1. The van der Waals surface area contributed by atoms with E-state index in [0.29, 0.717) is 44.1 Å². The Hall–Kier alpha value is -3.02. The minimum absolute atomic E-state index is 0.0165. The van der Waals surface area contributed by atoms with Crippen molar-refractivity contribution in [2.75, 3.05) is 18.5 Å². The molecule has 0 bridgehead atoms. The van der Waals surface area contributed by atoms with Crippen LogP contribution in [0.5, 0.6) is 11.5 Å². The summed E-state index contributed by atoms with van der Waals surface area (Å²) in [7, 11) is 0. The Bertz CT molecular complexity index is 788. The highest BCUT2D eigenvalue weighted by molar-refractivity contribution is 5.92. The average molecular weight is 399 g/mol. The topological polar surface area (TPSA) is 76.7 Å². The van der Waals surface area contributed by atoms with Gasteiger partial charge >= 0.3 is 0 Å². The van der Waals surface area contributed by atoms with Crippen LogP contribution in [0.15, 0.2) is 48.5 Å². The highest BCUT2D eigenvalue weighted by Gasteiger charge is 2.08. The molecule has 2 aromatic carbocycles. The lowest BCUT2D eigenvalue weighted by Crippen LogP contribution is -2.23. The summed E-state index contributed by atoms with van der Waals surface area (Å²) in [6.45, 7) is 7.10. The maximum Gasteiger partial charge on any atom is 0.226 e. The number of hydrogen-bond donors (Lipinski definition) is 2. The molecule has 0 radical (unpaired) electrons. The van der Waals surface area contributed by atoms with Crippen LogP contribution < -0.4 is 20.1 Å². The summed E-state index contributed by atoms with van der Waals surface area (Å²) < 4.78 is 11.2. The Kier molecular flexibility index (Phi) is 9.02. The van der Waals surface area contributed by atoms with E-state index in [9.17, 15) is 9.59 Å².